The maximum Gasteiger partial charge on any atom is 0.325 e. The van der Waals surface area contributed by atoms with Crippen LogP contribution in [0, 0.1) is 0 Å². The van der Waals surface area contributed by atoms with Crippen LogP contribution >= 0.6 is 0 Å². The van der Waals surface area contributed by atoms with Crippen LogP contribution in [0.15, 0.2) is 42.9 Å². The highest BCUT2D eigenvalue weighted by Gasteiger charge is 2.33. The van der Waals surface area contributed by atoms with Crippen molar-refractivity contribution in [2.24, 2.45) is 0 Å². The highest BCUT2D eigenvalue weighted by atomic mass is 16.5. The molecule has 1 saturated carbocycles. The van der Waals surface area contributed by atoms with Gasteiger partial charge < -0.3 is 19.7 Å². The molecule has 9 nitrogen and oxygen atoms in total. The standard InChI is InChI=1S/C22H27N5O4/c1-30-19-5-3-2-4-18(19)27-13-12-26(22(27)29)15-20(28)25-16-6-8-17(9-7-16)31-21-14-23-10-11-24-21/h2-5,10-11,14,16-17H,6-9,12-13,15H2,1H3,(H,25,28). The number of hydrogen-bond donors (Lipinski definition) is 1. The van der Waals surface area contributed by atoms with Crippen LogP contribution in [0.4, 0.5) is 10.5 Å². The summed E-state index contributed by atoms with van der Waals surface area (Å²) in [4.78, 5) is 36.7. The molecule has 1 aliphatic carbocycles. The molecule has 164 valence electrons. The number of nitrogens with one attached hydrogen (secondary N) is 1. The molecule has 1 saturated heterocycles. The molecule has 2 aliphatic rings. The number of anilines is 1. The second kappa shape index (κ2) is 9.63. The third-order valence-electron chi connectivity index (χ3n) is 5.67. The van der Waals surface area contributed by atoms with E-state index in [0.717, 1.165) is 31.4 Å². The molecule has 31 heavy (non-hydrogen) atoms. The molecule has 1 aromatic carbocycles. The summed E-state index contributed by atoms with van der Waals surface area (Å²) in [5.74, 6) is 1.04. The van der Waals surface area contributed by atoms with E-state index in [0.29, 0.717) is 24.7 Å². The van der Waals surface area contributed by atoms with Crippen LogP contribution in [0.1, 0.15) is 25.7 Å². The van der Waals surface area contributed by atoms with E-state index >= 15 is 0 Å². The van der Waals surface area contributed by atoms with E-state index < -0.39 is 0 Å². The lowest BCUT2D eigenvalue weighted by Crippen LogP contribution is -2.45. The molecule has 1 N–H and O–H groups in total. The number of nitrogens with zero attached hydrogens (tertiary/aromatic N) is 4. The Morgan fingerprint density at radius 2 is 1.97 bits per heavy atom. The normalized spacial score (nSPS) is 21.1. The van der Waals surface area contributed by atoms with E-state index in [1.54, 1.807) is 35.5 Å². The Bertz CT molecular complexity index is 902. The highest BCUT2D eigenvalue weighted by Crippen LogP contribution is 2.30. The van der Waals surface area contributed by atoms with Gasteiger partial charge in [-0.05, 0) is 37.8 Å². The van der Waals surface area contributed by atoms with Crippen molar-refractivity contribution in [2.75, 3.05) is 31.6 Å². The first-order valence-electron chi connectivity index (χ1n) is 10.6. The first-order valence-corrected chi connectivity index (χ1v) is 10.6. The summed E-state index contributed by atoms with van der Waals surface area (Å²) in [5.41, 5.74) is 0.722. The third kappa shape index (κ3) is 5.04. The number of aromatic nitrogens is 2. The van der Waals surface area contributed by atoms with Gasteiger partial charge in [0.15, 0.2) is 0 Å². The van der Waals surface area contributed by atoms with Crippen molar-refractivity contribution in [1.82, 2.24) is 20.2 Å². The molecule has 4 rings (SSSR count). The Morgan fingerprint density at radius 3 is 2.71 bits per heavy atom. The van der Waals surface area contributed by atoms with Gasteiger partial charge in [0.2, 0.25) is 11.8 Å². The van der Waals surface area contributed by atoms with Crippen molar-refractivity contribution in [3.8, 4) is 11.6 Å². The van der Waals surface area contributed by atoms with Crippen molar-refractivity contribution < 1.29 is 19.1 Å². The van der Waals surface area contributed by atoms with Gasteiger partial charge >= 0.3 is 6.03 Å². The number of ether oxygens (including phenoxy) is 2. The average molecular weight is 425 g/mol. The molecule has 1 aliphatic heterocycles. The quantitative estimate of drug-likeness (QED) is 0.731. The molecule has 0 bridgehead atoms. The second-order valence-corrected chi connectivity index (χ2v) is 7.73. The van der Waals surface area contributed by atoms with Crippen LogP contribution in [-0.2, 0) is 4.79 Å². The molecule has 0 radical (unpaired) electrons. The topological polar surface area (TPSA) is 96.9 Å². The molecular weight excluding hydrogens is 398 g/mol. The molecule has 0 atom stereocenters. The zero-order valence-corrected chi connectivity index (χ0v) is 17.6. The van der Waals surface area contributed by atoms with Crippen molar-refractivity contribution in [2.45, 2.75) is 37.8 Å². The fourth-order valence-electron chi connectivity index (χ4n) is 4.09. The van der Waals surface area contributed by atoms with Gasteiger partial charge in [-0.3, -0.25) is 14.7 Å². The minimum absolute atomic E-state index is 0.0561. The fraction of sp³-hybridized carbons (Fsp3) is 0.455. The van der Waals surface area contributed by atoms with Gasteiger partial charge in [-0.15, -0.1) is 0 Å². The van der Waals surface area contributed by atoms with Crippen molar-refractivity contribution in [3.05, 3.63) is 42.9 Å². The lowest BCUT2D eigenvalue weighted by Gasteiger charge is -2.29. The van der Waals surface area contributed by atoms with Gasteiger partial charge in [0.05, 0.1) is 19.0 Å². The minimum Gasteiger partial charge on any atom is -0.495 e. The number of para-hydroxylation sites is 2. The first-order chi connectivity index (χ1) is 15.1. The minimum atomic E-state index is -0.180. The Labute approximate surface area is 181 Å². The smallest absolute Gasteiger partial charge is 0.325 e. The SMILES string of the molecule is COc1ccccc1N1CCN(CC(=O)NC2CCC(Oc3cnccn3)CC2)C1=O. The zero-order chi connectivity index (χ0) is 21.6. The number of methoxy groups -OCH3 is 1. The highest BCUT2D eigenvalue weighted by molar-refractivity contribution is 5.97. The van der Waals surface area contributed by atoms with Crippen LogP contribution in [0.3, 0.4) is 0 Å². The number of amides is 3. The fourth-order valence-corrected chi connectivity index (χ4v) is 4.09. The van der Waals surface area contributed by atoms with Crippen LogP contribution < -0.4 is 19.7 Å². The van der Waals surface area contributed by atoms with E-state index in [9.17, 15) is 9.59 Å². The van der Waals surface area contributed by atoms with Crippen LogP contribution in [0.2, 0.25) is 0 Å². The molecule has 9 heteroatoms. The molecule has 1 aromatic heterocycles. The Hall–Kier alpha value is -3.36. The zero-order valence-electron chi connectivity index (χ0n) is 17.6. The van der Waals surface area contributed by atoms with E-state index in [1.165, 1.54) is 0 Å². The van der Waals surface area contributed by atoms with Crippen LogP contribution in [0.25, 0.3) is 0 Å². The third-order valence-corrected chi connectivity index (χ3v) is 5.67. The Kier molecular flexibility index (Phi) is 6.49. The number of carbonyl (C=O) groups is 2. The summed E-state index contributed by atoms with van der Waals surface area (Å²) >= 11 is 0. The predicted molar refractivity (Wildman–Crippen MR) is 114 cm³/mol. The van der Waals surface area contributed by atoms with Gasteiger partial charge in [-0.2, -0.15) is 0 Å². The van der Waals surface area contributed by atoms with Crippen molar-refractivity contribution >= 4 is 17.6 Å². The van der Waals surface area contributed by atoms with Gasteiger partial charge in [0.1, 0.15) is 18.4 Å². The number of rotatable bonds is 7. The van der Waals surface area contributed by atoms with Crippen molar-refractivity contribution in [1.29, 1.82) is 0 Å². The summed E-state index contributed by atoms with van der Waals surface area (Å²) in [7, 11) is 1.58. The Morgan fingerprint density at radius 1 is 1.16 bits per heavy atom. The molecule has 0 spiro atoms. The molecule has 0 unspecified atom stereocenters. The molecule has 3 amide bonds. The predicted octanol–water partition coefficient (Wildman–Crippen LogP) is 2.23. The Balaban J connectivity index is 1.24. The lowest BCUT2D eigenvalue weighted by atomic mass is 9.93. The number of carbonyl (C=O) groups excluding carboxylic acids is 2. The largest absolute Gasteiger partial charge is 0.495 e. The number of urea groups is 1. The monoisotopic (exact) mass is 425 g/mol. The summed E-state index contributed by atoms with van der Waals surface area (Å²) < 4.78 is 11.2. The van der Waals surface area contributed by atoms with E-state index in [4.69, 9.17) is 9.47 Å². The second-order valence-electron chi connectivity index (χ2n) is 7.73. The summed E-state index contributed by atoms with van der Waals surface area (Å²) in [6, 6.07) is 7.31. The van der Waals surface area contributed by atoms with E-state index in [2.05, 4.69) is 15.3 Å². The van der Waals surface area contributed by atoms with Gasteiger partial charge in [0, 0.05) is 31.5 Å². The summed E-state index contributed by atoms with van der Waals surface area (Å²) in [6.07, 6.45) is 8.25. The molecular formula is C22H27N5O4. The number of hydrogen-bond acceptors (Lipinski definition) is 6. The lowest BCUT2D eigenvalue weighted by molar-refractivity contribution is -0.122. The maximum absolute atomic E-state index is 12.8. The van der Waals surface area contributed by atoms with Crippen LogP contribution in [0.5, 0.6) is 11.6 Å². The summed E-state index contributed by atoms with van der Waals surface area (Å²) in [6.45, 7) is 1.08. The first kappa shape index (κ1) is 20.9. The van der Waals surface area contributed by atoms with Crippen molar-refractivity contribution in [3.63, 3.8) is 0 Å². The van der Waals surface area contributed by atoms with Gasteiger partial charge in [-0.25, -0.2) is 9.78 Å². The van der Waals surface area contributed by atoms with Crippen LogP contribution in [-0.4, -0.2) is 65.7 Å². The molecule has 2 heterocycles. The molecule has 2 fully saturated rings. The molecule has 2 aromatic rings. The van der Waals surface area contributed by atoms with Gasteiger partial charge in [-0.1, -0.05) is 12.1 Å². The summed E-state index contributed by atoms with van der Waals surface area (Å²) in [5, 5.41) is 3.07. The van der Waals surface area contributed by atoms with E-state index in [1.807, 2.05) is 24.3 Å². The van der Waals surface area contributed by atoms with E-state index in [-0.39, 0.29) is 30.6 Å². The number of benzene rings is 1. The maximum atomic E-state index is 12.8. The average Bonchev–Trinajstić information content (AvgIpc) is 3.15. The van der Waals surface area contributed by atoms with Gasteiger partial charge in [0.25, 0.3) is 0 Å².